The molecule has 6 nitrogen and oxygen atoms in total. The molecule has 7 heteroatoms. The SMILES string of the molecule is COc1cc(O)c(C(S)C(=O)O)c(OC)c1O. The van der Waals surface area contributed by atoms with Gasteiger partial charge in [0.25, 0.3) is 0 Å². The molecule has 1 aromatic rings. The van der Waals surface area contributed by atoms with Crippen molar-refractivity contribution in [1.29, 1.82) is 0 Å². The Labute approximate surface area is 103 Å². The second kappa shape index (κ2) is 5.05. The van der Waals surface area contributed by atoms with Crippen molar-refractivity contribution in [3.05, 3.63) is 11.6 Å². The fraction of sp³-hybridized carbons (Fsp3) is 0.300. The van der Waals surface area contributed by atoms with Gasteiger partial charge in [-0.15, -0.1) is 0 Å². The van der Waals surface area contributed by atoms with E-state index < -0.39 is 11.2 Å². The molecule has 0 bridgehead atoms. The number of hydrogen-bond acceptors (Lipinski definition) is 6. The summed E-state index contributed by atoms with van der Waals surface area (Å²) in [5.41, 5.74) is -0.123. The van der Waals surface area contributed by atoms with Crippen molar-refractivity contribution in [2.75, 3.05) is 14.2 Å². The Bertz CT molecular complexity index is 445. The minimum atomic E-state index is -1.32. The van der Waals surface area contributed by atoms with Gasteiger partial charge in [-0.3, -0.25) is 4.79 Å². The van der Waals surface area contributed by atoms with Crippen LogP contribution in [0, 0.1) is 0 Å². The Morgan fingerprint density at radius 2 is 1.94 bits per heavy atom. The van der Waals surface area contributed by atoms with Crippen LogP contribution in [0.2, 0.25) is 0 Å². The number of carboxylic acid groups (broad SMARTS) is 1. The van der Waals surface area contributed by atoms with Crippen molar-refractivity contribution in [3.8, 4) is 23.0 Å². The summed E-state index contributed by atoms with van der Waals surface area (Å²) < 4.78 is 9.67. The van der Waals surface area contributed by atoms with E-state index in [0.29, 0.717) is 0 Å². The van der Waals surface area contributed by atoms with Crippen molar-refractivity contribution in [3.63, 3.8) is 0 Å². The Balaban J connectivity index is 3.49. The standard InChI is InChI=1S/C10H12O6S/c1-15-5-3-4(11)6(9(17)10(13)14)8(16-2)7(5)12/h3,9,11-12,17H,1-2H3,(H,13,14). The minimum absolute atomic E-state index is 0.0194. The van der Waals surface area contributed by atoms with Crippen molar-refractivity contribution < 1.29 is 29.6 Å². The Morgan fingerprint density at radius 3 is 2.35 bits per heavy atom. The molecule has 0 saturated carbocycles. The maximum atomic E-state index is 10.8. The van der Waals surface area contributed by atoms with Crippen LogP contribution in [0.5, 0.6) is 23.0 Å². The Morgan fingerprint density at radius 1 is 1.35 bits per heavy atom. The minimum Gasteiger partial charge on any atom is -0.507 e. The number of phenols is 2. The average molecular weight is 260 g/mol. The number of phenolic OH excluding ortho intramolecular Hbond substituents is 2. The molecule has 3 N–H and O–H groups in total. The topological polar surface area (TPSA) is 96.2 Å². The van der Waals surface area contributed by atoms with E-state index in [1.54, 1.807) is 0 Å². The molecule has 0 radical (unpaired) electrons. The molecule has 17 heavy (non-hydrogen) atoms. The second-order valence-corrected chi connectivity index (χ2v) is 3.65. The number of ether oxygens (including phenoxy) is 2. The molecule has 0 aliphatic rings. The lowest BCUT2D eigenvalue weighted by atomic mass is 10.1. The van der Waals surface area contributed by atoms with E-state index in [1.165, 1.54) is 14.2 Å². The van der Waals surface area contributed by atoms with Gasteiger partial charge in [-0.05, 0) is 0 Å². The summed E-state index contributed by atoms with van der Waals surface area (Å²) in [6, 6.07) is 1.10. The first-order chi connectivity index (χ1) is 7.93. The second-order valence-electron chi connectivity index (χ2n) is 3.13. The molecule has 0 aliphatic carbocycles. The summed E-state index contributed by atoms with van der Waals surface area (Å²) in [7, 11) is 2.53. The third-order valence-electron chi connectivity index (χ3n) is 2.17. The molecular weight excluding hydrogens is 248 g/mol. The maximum absolute atomic E-state index is 10.8. The van der Waals surface area contributed by atoms with Gasteiger partial charge in [0.15, 0.2) is 11.5 Å². The van der Waals surface area contributed by atoms with Gasteiger partial charge >= 0.3 is 5.97 Å². The van der Waals surface area contributed by atoms with Crippen LogP contribution in [0.25, 0.3) is 0 Å². The first-order valence-corrected chi connectivity index (χ1v) is 5.03. The summed E-state index contributed by atoms with van der Waals surface area (Å²) in [5, 5.41) is 27.0. The number of methoxy groups -OCH3 is 2. The van der Waals surface area contributed by atoms with Crippen LogP contribution < -0.4 is 9.47 Å². The molecule has 0 spiro atoms. The molecule has 0 saturated heterocycles. The molecular formula is C10H12O6S. The molecule has 1 unspecified atom stereocenters. The number of rotatable bonds is 4. The number of aliphatic carboxylic acids is 1. The molecule has 0 heterocycles. The van der Waals surface area contributed by atoms with E-state index in [2.05, 4.69) is 12.6 Å². The highest BCUT2D eigenvalue weighted by Crippen LogP contribution is 2.47. The zero-order chi connectivity index (χ0) is 13.2. The fourth-order valence-corrected chi connectivity index (χ4v) is 1.63. The Hall–Kier alpha value is -1.76. The van der Waals surface area contributed by atoms with Gasteiger partial charge in [-0.25, -0.2) is 0 Å². The monoisotopic (exact) mass is 260 g/mol. The van der Waals surface area contributed by atoms with Crippen LogP contribution in [0.15, 0.2) is 6.07 Å². The van der Waals surface area contributed by atoms with Crippen molar-refractivity contribution in [1.82, 2.24) is 0 Å². The van der Waals surface area contributed by atoms with E-state index >= 15 is 0 Å². The zero-order valence-corrected chi connectivity index (χ0v) is 10.1. The maximum Gasteiger partial charge on any atom is 0.321 e. The van der Waals surface area contributed by atoms with E-state index in [0.717, 1.165) is 6.07 Å². The normalized spacial score (nSPS) is 11.9. The largest absolute Gasteiger partial charge is 0.507 e. The van der Waals surface area contributed by atoms with Crippen LogP contribution in [-0.4, -0.2) is 35.5 Å². The van der Waals surface area contributed by atoms with Crippen LogP contribution in [0.4, 0.5) is 0 Å². The molecule has 1 atom stereocenters. The molecule has 1 rings (SSSR count). The molecule has 0 aromatic heterocycles. The first-order valence-electron chi connectivity index (χ1n) is 4.51. The number of thiol groups is 1. The molecule has 0 amide bonds. The third kappa shape index (κ3) is 2.33. The smallest absolute Gasteiger partial charge is 0.321 e. The van der Waals surface area contributed by atoms with Gasteiger partial charge in [-0.2, -0.15) is 12.6 Å². The van der Waals surface area contributed by atoms with Gasteiger partial charge in [0.1, 0.15) is 11.0 Å². The number of carboxylic acids is 1. The van der Waals surface area contributed by atoms with Crippen LogP contribution in [0.1, 0.15) is 10.8 Å². The highest BCUT2D eigenvalue weighted by atomic mass is 32.1. The zero-order valence-electron chi connectivity index (χ0n) is 9.17. The molecule has 0 aliphatic heterocycles. The quantitative estimate of drug-likeness (QED) is 0.479. The van der Waals surface area contributed by atoms with E-state index in [-0.39, 0.29) is 28.6 Å². The Kier molecular flexibility index (Phi) is 3.95. The van der Waals surface area contributed by atoms with Gasteiger partial charge < -0.3 is 24.8 Å². The van der Waals surface area contributed by atoms with Gasteiger partial charge in [0.05, 0.1) is 19.8 Å². The highest BCUT2D eigenvalue weighted by molar-refractivity contribution is 7.81. The van der Waals surface area contributed by atoms with E-state index in [4.69, 9.17) is 14.6 Å². The van der Waals surface area contributed by atoms with Crippen molar-refractivity contribution >= 4 is 18.6 Å². The summed E-state index contributed by atoms with van der Waals surface area (Å²) in [5.74, 6) is -2.23. The molecule has 94 valence electrons. The van der Waals surface area contributed by atoms with Gasteiger partial charge in [0, 0.05) is 6.07 Å². The number of benzene rings is 1. The summed E-state index contributed by atoms with van der Waals surface area (Å²) >= 11 is 3.83. The first kappa shape index (κ1) is 13.3. The molecule has 1 aromatic carbocycles. The lowest BCUT2D eigenvalue weighted by Crippen LogP contribution is -2.07. The van der Waals surface area contributed by atoms with E-state index in [9.17, 15) is 15.0 Å². The number of carbonyl (C=O) groups is 1. The predicted octanol–water partition coefficient (Wildman–Crippen LogP) is 1.17. The highest BCUT2D eigenvalue weighted by Gasteiger charge is 2.27. The van der Waals surface area contributed by atoms with E-state index in [1.807, 2.05) is 0 Å². The summed E-state index contributed by atoms with van der Waals surface area (Å²) in [6.07, 6.45) is 0. The summed E-state index contributed by atoms with van der Waals surface area (Å²) in [4.78, 5) is 10.8. The third-order valence-corrected chi connectivity index (χ3v) is 2.65. The lowest BCUT2D eigenvalue weighted by Gasteiger charge is -2.16. The van der Waals surface area contributed by atoms with Crippen molar-refractivity contribution in [2.45, 2.75) is 5.25 Å². The summed E-state index contributed by atoms with van der Waals surface area (Å²) in [6.45, 7) is 0. The van der Waals surface area contributed by atoms with Crippen LogP contribution >= 0.6 is 12.6 Å². The molecule has 0 fully saturated rings. The average Bonchev–Trinajstić information content (AvgIpc) is 2.29. The number of hydrogen-bond donors (Lipinski definition) is 4. The lowest BCUT2D eigenvalue weighted by molar-refractivity contribution is -0.136. The van der Waals surface area contributed by atoms with Gasteiger partial charge in [0.2, 0.25) is 5.75 Å². The van der Waals surface area contributed by atoms with Crippen molar-refractivity contribution in [2.24, 2.45) is 0 Å². The fourth-order valence-electron chi connectivity index (χ4n) is 1.38. The predicted molar refractivity (Wildman–Crippen MR) is 62.2 cm³/mol. The number of aromatic hydroxyl groups is 2. The van der Waals surface area contributed by atoms with Crippen LogP contribution in [0.3, 0.4) is 0 Å². The van der Waals surface area contributed by atoms with Crippen LogP contribution in [-0.2, 0) is 4.79 Å². The van der Waals surface area contributed by atoms with Gasteiger partial charge in [-0.1, -0.05) is 0 Å².